The molecule has 15 aromatic carbocycles. The molecule has 0 unspecified atom stereocenters. The molecule has 0 bridgehead atoms. The maximum Gasteiger partial charge on any atom is 0.240 e. The van der Waals surface area contributed by atoms with Gasteiger partial charge in [-0.1, -0.05) is 397 Å². The molecule has 0 amide bonds. The van der Waals surface area contributed by atoms with E-state index in [1.807, 2.05) is 0 Å². The second-order valence-electron chi connectivity index (χ2n) is 29.3. The van der Waals surface area contributed by atoms with Gasteiger partial charge in [0.1, 0.15) is 0 Å². The van der Waals surface area contributed by atoms with Crippen molar-refractivity contribution in [1.29, 1.82) is 0 Å². The largest absolute Gasteiger partial charge is 0.310 e. The van der Waals surface area contributed by atoms with Gasteiger partial charge in [0, 0.05) is 22.2 Å². The van der Waals surface area contributed by atoms with Gasteiger partial charge in [0.15, 0.2) is 0 Å². The van der Waals surface area contributed by atoms with Gasteiger partial charge in [-0.15, -0.1) is 0 Å². The molecular formula is C96H72B4N2. The molecule has 0 fully saturated rings. The number of fused-ring (bicyclic) bond motifs is 8. The van der Waals surface area contributed by atoms with Crippen LogP contribution in [0.5, 0.6) is 0 Å². The average Bonchev–Trinajstić information content (AvgIpc) is 0.748. The SMILES string of the molecule is CC1(C)c2ccccc2N(c2ccc(-c3cc(-c4cccc(B5c6ccccc6B(c6ccccc6)c6ccccc65)c4)c(-c4ccc(N5c6ccccc6C(C)(C)c6ccccc65)cc4)cc3-c3cccc(B4c5ccccc5B(c5ccccc5)c5ccccc54)c3)cc2)c2ccccc21. The zero-order valence-electron chi connectivity index (χ0n) is 57.8. The molecule has 0 saturated carbocycles. The Hall–Kier alpha value is -11.8. The van der Waals surface area contributed by atoms with Crippen molar-refractivity contribution >= 4 is 127 Å². The van der Waals surface area contributed by atoms with E-state index in [0.717, 1.165) is 33.6 Å². The molecule has 19 rings (SSSR count). The minimum atomic E-state index is -0.176. The van der Waals surface area contributed by atoms with Gasteiger partial charge in [0.05, 0.1) is 22.7 Å². The summed E-state index contributed by atoms with van der Waals surface area (Å²) in [6.45, 7) is 9.69. The summed E-state index contributed by atoms with van der Waals surface area (Å²) in [5.41, 5.74) is 37.2. The van der Waals surface area contributed by atoms with E-state index in [0.29, 0.717) is 0 Å². The molecule has 15 aromatic rings. The Bertz CT molecular complexity index is 5220. The number of hydrogen-bond acceptors (Lipinski definition) is 2. The standard InChI is InChI=1S/C96H72B4N2/c1-95(2)79-37-11-23-49-91(79)101(92-50-24-12-38-80(92)95)73-57-53-65(54-58-73)75-63-78(68-30-28-36-72(62-68)100-89-47-21-17-43-85(89)98(70-33-9-6-10-34-70)86-44-18-22-48-90(86)100)76(66-55-59-74(60-56-66)102-93-51-25-13-39-81(93)96(3,4)82-40-14-26-52-94(82)102)64-77(75)67-29-27-35-71(61-67)99-87-45-19-15-41-83(87)97(69-31-7-5-8-32-69)84-42-16-20-46-88(84)99/h5-64H,1-4H3. The van der Waals surface area contributed by atoms with Crippen LogP contribution in [0.15, 0.2) is 364 Å². The van der Waals surface area contributed by atoms with E-state index in [1.165, 1.54) is 133 Å². The van der Waals surface area contributed by atoms with Crippen molar-refractivity contribution in [3.8, 4) is 44.5 Å². The first-order valence-electron chi connectivity index (χ1n) is 36.2. The second kappa shape index (κ2) is 24.5. The Morgan fingerprint density at radius 2 is 0.431 bits per heavy atom. The third-order valence-corrected chi connectivity index (χ3v) is 23.1. The topological polar surface area (TPSA) is 6.48 Å². The maximum absolute atomic E-state index is 2.54. The summed E-state index contributed by atoms with van der Waals surface area (Å²) in [6.07, 6.45) is 0. The van der Waals surface area contributed by atoms with Crippen LogP contribution in [-0.4, -0.2) is 26.9 Å². The van der Waals surface area contributed by atoms with Gasteiger partial charge in [-0.05, 0) is 127 Å². The first kappa shape index (κ1) is 61.3. The quantitative estimate of drug-likeness (QED) is 0.126. The van der Waals surface area contributed by atoms with Crippen LogP contribution >= 0.6 is 0 Å². The Kier molecular flexibility index (Phi) is 14.7. The van der Waals surface area contributed by atoms with Gasteiger partial charge in [0.25, 0.3) is 0 Å². The summed E-state index contributed by atoms with van der Waals surface area (Å²) in [4.78, 5) is 4.95. The Labute approximate surface area is 601 Å². The minimum Gasteiger partial charge on any atom is -0.310 e. The molecule has 6 heteroatoms. The molecule has 2 nitrogen and oxygen atoms in total. The van der Waals surface area contributed by atoms with E-state index in [-0.39, 0.29) is 37.7 Å². The maximum atomic E-state index is 2.54. The first-order valence-corrected chi connectivity index (χ1v) is 36.2. The van der Waals surface area contributed by atoms with Crippen LogP contribution in [0, 0.1) is 0 Å². The van der Waals surface area contributed by atoms with Gasteiger partial charge >= 0.3 is 0 Å². The van der Waals surface area contributed by atoms with Gasteiger partial charge in [-0.25, -0.2) is 0 Å². The van der Waals surface area contributed by atoms with E-state index >= 15 is 0 Å². The molecular weight excluding hydrogens is 1220 g/mol. The van der Waals surface area contributed by atoms with Crippen LogP contribution in [0.4, 0.5) is 34.1 Å². The number of hydrogen-bond donors (Lipinski definition) is 0. The lowest BCUT2D eigenvalue weighted by Crippen LogP contribution is -2.74. The summed E-state index contributed by atoms with van der Waals surface area (Å²) in [5, 5.41) is 0. The lowest BCUT2D eigenvalue weighted by atomic mass is 9.21. The molecule has 102 heavy (non-hydrogen) atoms. The summed E-state index contributed by atoms with van der Waals surface area (Å²) in [5.74, 6) is 0. The predicted molar refractivity (Wildman–Crippen MR) is 439 cm³/mol. The summed E-state index contributed by atoms with van der Waals surface area (Å²) >= 11 is 0. The van der Waals surface area contributed by atoms with Crippen molar-refractivity contribution in [1.82, 2.24) is 0 Å². The van der Waals surface area contributed by atoms with Crippen LogP contribution in [0.2, 0.25) is 0 Å². The molecule has 4 aliphatic rings. The van der Waals surface area contributed by atoms with E-state index in [1.54, 1.807) is 0 Å². The number of nitrogens with zero attached hydrogens (tertiary/aromatic N) is 2. The molecule has 4 heterocycles. The Balaban J connectivity index is 0.831. The van der Waals surface area contributed by atoms with Crippen LogP contribution in [-0.2, 0) is 10.8 Å². The molecule has 0 N–H and O–H groups in total. The molecule has 0 aromatic heterocycles. The molecule has 4 aliphatic heterocycles. The molecule has 0 saturated heterocycles. The zero-order valence-corrected chi connectivity index (χ0v) is 57.8. The van der Waals surface area contributed by atoms with Gasteiger partial charge in [-0.2, -0.15) is 0 Å². The van der Waals surface area contributed by atoms with Crippen molar-refractivity contribution in [2.24, 2.45) is 0 Å². The number of rotatable bonds is 10. The van der Waals surface area contributed by atoms with Crippen molar-refractivity contribution in [2.75, 3.05) is 9.80 Å². The Morgan fingerprint density at radius 3 is 0.725 bits per heavy atom. The van der Waals surface area contributed by atoms with Gasteiger partial charge in [-0.3, -0.25) is 0 Å². The van der Waals surface area contributed by atoms with Gasteiger partial charge in [0.2, 0.25) is 26.9 Å². The molecule has 0 radical (unpaired) electrons. The fraction of sp³-hybridized carbons (Fsp3) is 0.0625. The smallest absolute Gasteiger partial charge is 0.240 e. The number of benzene rings is 15. The highest BCUT2D eigenvalue weighted by Crippen LogP contribution is 2.54. The van der Waals surface area contributed by atoms with Crippen molar-refractivity contribution in [3.63, 3.8) is 0 Å². The van der Waals surface area contributed by atoms with Crippen molar-refractivity contribution in [3.05, 3.63) is 386 Å². The van der Waals surface area contributed by atoms with E-state index in [2.05, 4.69) is 401 Å². The summed E-state index contributed by atoms with van der Waals surface area (Å²) < 4.78 is 0. The lowest BCUT2D eigenvalue weighted by molar-refractivity contribution is 0.632. The van der Waals surface area contributed by atoms with Crippen LogP contribution in [0.25, 0.3) is 44.5 Å². The normalized spacial score (nSPS) is 14.1. The highest BCUT2D eigenvalue weighted by atomic mass is 15.2. The molecule has 0 atom stereocenters. The average molecular weight is 1300 g/mol. The van der Waals surface area contributed by atoms with Gasteiger partial charge < -0.3 is 9.80 Å². The number of para-hydroxylation sites is 4. The highest BCUT2D eigenvalue weighted by molar-refractivity contribution is 7.12. The van der Waals surface area contributed by atoms with Crippen molar-refractivity contribution in [2.45, 2.75) is 38.5 Å². The predicted octanol–water partition coefficient (Wildman–Crippen LogP) is 15.3. The Morgan fingerprint density at radius 1 is 0.196 bits per heavy atom. The highest BCUT2D eigenvalue weighted by Gasteiger charge is 2.42. The number of anilines is 6. The lowest BCUT2D eigenvalue weighted by Gasteiger charge is -2.42. The third-order valence-electron chi connectivity index (χ3n) is 23.1. The molecule has 0 aliphatic carbocycles. The zero-order chi connectivity index (χ0) is 68.2. The van der Waals surface area contributed by atoms with Crippen LogP contribution in [0.1, 0.15) is 49.9 Å². The monoisotopic (exact) mass is 1300 g/mol. The van der Waals surface area contributed by atoms with E-state index < -0.39 is 0 Å². The fourth-order valence-corrected chi connectivity index (χ4v) is 18.3. The third kappa shape index (κ3) is 9.90. The van der Waals surface area contributed by atoms with Crippen LogP contribution in [0.3, 0.4) is 0 Å². The first-order chi connectivity index (χ1) is 50.2. The fourth-order valence-electron chi connectivity index (χ4n) is 18.3. The van der Waals surface area contributed by atoms with Crippen molar-refractivity contribution < 1.29 is 0 Å². The van der Waals surface area contributed by atoms with E-state index in [4.69, 9.17) is 0 Å². The summed E-state index contributed by atoms with van der Waals surface area (Å²) in [6, 6.07) is 138. The molecule has 0 spiro atoms. The second-order valence-corrected chi connectivity index (χ2v) is 29.3. The minimum absolute atomic E-state index is 0.00277. The molecule has 478 valence electrons. The summed E-state index contributed by atoms with van der Waals surface area (Å²) in [7, 11) is 0. The van der Waals surface area contributed by atoms with Crippen LogP contribution < -0.4 is 75.4 Å². The van der Waals surface area contributed by atoms with E-state index in [9.17, 15) is 0 Å².